The second kappa shape index (κ2) is 16.5. The Hall–Kier alpha value is -2.16. The summed E-state index contributed by atoms with van der Waals surface area (Å²) in [7, 11) is 1.66. The van der Waals surface area contributed by atoms with Crippen LogP contribution in [0.15, 0.2) is 0 Å². The predicted octanol–water partition coefficient (Wildman–Crippen LogP) is 2.35. The van der Waals surface area contributed by atoms with Crippen molar-refractivity contribution >= 4 is 23.7 Å². The SMILES string of the molecule is CCC(C)C(=O)NC.CCCC1CC(=O)N(C(CC)C(N)=O)C1.CCCC1CC(=O)OC1O. The molecule has 9 heteroatoms. The van der Waals surface area contributed by atoms with Gasteiger partial charge in [-0.3, -0.25) is 19.2 Å². The lowest BCUT2D eigenvalue weighted by Gasteiger charge is -2.24. The zero-order valence-corrected chi connectivity index (χ0v) is 21.3. The maximum absolute atomic E-state index is 11.7. The molecule has 0 spiro atoms. The molecule has 0 aromatic rings. The first kappa shape index (κ1) is 30.8. The minimum atomic E-state index is -0.840. The van der Waals surface area contributed by atoms with E-state index in [4.69, 9.17) is 10.8 Å². The number of likely N-dealkylation sites (tertiary alicyclic amines) is 1. The highest BCUT2D eigenvalue weighted by molar-refractivity contribution is 5.87. The molecule has 9 nitrogen and oxygen atoms in total. The Morgan fingerprint density at radius 1 is 1.12 bits per heavy atom. The van der Waals surface area contributed by atoms with Crippen molar-refractivity contribution in [2.24, 2.45) is 23.5 Å². The predicted molar refractivity (Wildman–Crippen MR) is 127 cm³/mol. The van der Waals surface area contributed by atoms with Crippen molar-refractivity contribution in [3.8, 4) is 0 Å². The number of hydrogen-bond donors (Lipinski definition) is 3. The third-order valence-corrected chi connectivity index (χ3v) is 6.08. The first-order valence-electron chi connectivity index (χ1n) is 12.2. The van der Waals surface area contributed by atoms with E-state index in [-0.39, 0.29) is 35.5 Å². The van der Waals surface area contributed by atoms with Crippen LogP contribution in [0.5, 0.6) is 0 Å². The van der Waals surface area contributed by atoms with Crippen LogP contribution in [0.25, 0.3) is 0 Å². The highest BCUT2D eigenvalue weighted by Crippen LogP contribution is 2.25. The van der Waals surface area contributed by atoms with Gasteiger partial charge in [-0.2, -0.15) is 0 Å². The highest BCUT2D eigenvalue weighted by atomic mass is 16.6. The Balaban J connectivity index is 0.000000495. The largest absolute Gasteiger partial charge is 0.436 e. The smallest absolute Gasteiger partial charge is 0.308 e. The molecule has 0 aliphatic carbocycles. The molecule has 5 atom stereocenters. The molecule has 192 valence electrons. The van der Waals surface area contributed by atoms with E-state index in [9.17, 15) is 19.2 Å². The fraction of sp³-hybridized carbons (Fsp3) is 0.833. The Morgan fingerprint density at radius 3 is 2.09 bits per heavy atom. The van der Waals surface area contributed by atoms with E-state index in [1.54, 1.807) is 11.9 Å². The lowest BCUT2D eigenvalue weighted by molar-refractivity contribution is -0.156. The molecule has 2 heterocycles. The summed E-state index contributed by atoms with van der Waals surface area (Å²) >= 11 is 0. The Bertz CT molecular complexity index is 627. The van der Waals surface area contributed by atoms with Gasteiger partial charge in [0.2, 0.25) is 24.0 Å². The van der Waals surface area contributed by atoms with Gasteiger partial charge < -0.3 is 25.8 Å². The van der Waals surface area contributed by atoms with Crippen LogP contribution < -0.4 is 11.1 Å². The molecule has 0 bridgehead atoms. The van der Waals surface area contributed by atoms with Gasteiger partial charge in [0.25, 0.3) is 0 Å². The van der Waals surface area contributed by atoms with Gasteiger partial charge in [0.1, 0.15) is 6.04 Å². The third-order valence-electron chi connectivity index (χ3n) is 6.08. The number of carbonyl (C=O) groups excluding carboxylic acids is 4. The van der Waals surface area contributed by atoms with Crippen molar-refractivity contribution in [1.29, 1.82) is 0 Å². The number of nitrogens with one attached hydrogen (secondary N) is 1. The zero-order chi connectivity index (χ0) is 25.6. The molecule has 2 aliphatic heterocycles. The summed E-state index contributed by atoms with van der Waals surface area (Å²) in [5, 5.41) is 11.6. The van der Waals surface area contributed by atoms with Crippen LogP contribution in [0.4, 0.5) is 0 Å². The number of amides is 3. The van der Waals surface area contributed by atoms with E-state index in [1.165, 1.54) is 0 Å². The number of esters is 1. The normalized spacial score (nSPS) is 23.5. The summed E-state index contributed by atoms with van der Waals surface area (Å²) < 4.78 is 4.54. The number of ether oxygens (including phenoxy) is 1. The Labute approximate surface area is 198 Å². The van der Waals surface area contributed by atoms with Gasteiger partial charge in [0.05, 0.1) is 6.42 Å². The van der Waals surface area contributed by atoms with Crippen LogP contribution >= 0.6 is 0 Å². The molecular formula is C24H45N3O6. The molecule has 0 aromatic carbocycles. The van der Waals surface area contributed by atoms with Gasteiger partial charge in [0.15, 0.2) is 0 Å². The third kappa shape index (κ3) is 11.0. The lowest BCUT2D eigenvalue weighted by atomic mass is 10.0. The first-order valence-corrected chi connectivity index (χ1v) is 12.2. The van der Waals surface area contributed by atoms with E-state index < -0.39 is 12.3 Å². The van der Waals surface area contributed by atoms with E-state index in [0.717, 1.165) is 32.1 Å². The van der Waals surface area contributed by atoms with Gasteiger partial charge >= 0.3 is 5.97 Å². The number of rotatable bonds is 9. The molecule has 2 fully saturated rings. The summed E-state index contributed by atoms with van der Waals surface area (Å²) in [5.41, 5.74) is 5.28. The number of aliphatic hydroxyl groups is 1. The number of nitrogens with two attached hydrogens (primary N) is 1. The van der Waals surface area contributed by atoms with Gasteiger partial charge in [-0.1, -0.05) is 47.5 Å². The van der Waals surface area contributed by atoms with Gasteiger partial charge in [-0.25, -0.2) is 0 Å². The van der Waals surface area contributed by atoms with Crippen molar-refractivity contribution in [2.45, 2.75) is 98.3 Å². The van der Waals surface area contributed by atoms with E-state index in [2.05, 4.69) is 17.0 Å². The molecule has 2 rings (SSSR count). The van der Waals surface area contributed by atoms with E-state index in [0.29, 0.717) is 31.7 Å². The average molecular weight is 472 g/mol. The van der Waals surface area contributed by atoms with Crippen LogP contribution in [0.2, 0.25) is 0 Å². The summed E-state index contributed by atoms with van der Waals surface area (Å²) in [6, 6.07) is -0.403. The minimum absolute atomic E-state index is 0.0394. The van der Waals surface area contributed by atoms with Crippen molar-refractivity contribution < 1.29 is 29.0 Å². The summed E-state index contributed by atoms with van der Waals surface area (Å²) in [5.74, 6) is 0.175. The lowest BCUT2D eigenvalue weighted by Crippen LogP contribution is -2.45. The monoisotopic (exact) mass is 471 g/mol. The topological polar surface area (TPSA) is 139 Å². The molecule has 5 unspecified atom stereocenters. The van der Waals surface area contributed by atoms with E-state index >= 15 is 0 Å². The molecular weight excluding hydrogens is 426 g/mol. The summed E-state index contributed by atoms with van der Waals surface area (Å²) in [6.45, 7) is 10.6. The second-order valence-corrected chi connectivity index (χ2v) is 8.79. The minimum Gasteiger partial charge on any atom is -0.436 e. The standard InChI is InChI=1S/C11H20N2O2.C7H12O3.C6H13NO/c1-3-5-8-6-10(14)13(7-8)9(4-2)11(12)15;1-2-3-5-4-6(8)10-7(5)9;1-4-5(2)6(8)7-3/h8-9H,3-7H2,1-2H3,(H2,12,15);5,7,9H,2-4H2,1H3;5H,4H2,1-3H3,(H,7,8). The summed E-state index contributed by atoms with van der Waals surface area (Å²) in [4.78, 5) is 45.7. The van der Waals surface area contributed by atoms with Crippen molar-refractivity contribution in [3.63, 3.8) is 0 Å². The van der Waals surface area contributed by atoms with E-state index in [1.807, 2.05) is 27.7 Å². The van der Waals surface area contributed by atoms with Crippen LogP contribution in [0.3, 0.4) is 0 Å². The van der Waals surface area contributed by atoms with Gasteiger partial charge in [-0.15, -0.1) is 0 Å². The molecule has 33 heavy (non-hydrogen) atoms. The van der Waals surface area contributed by atoms with Crippen LogP contribution in [0.1, 0.15) is 86.0 Å². The molecule has 3 amide bonds. The van der Waals surface area contributed by atoms with Gasteiger partial charge in [0, 0.05) is 31.8 Å². The molecule has 2 saturated heterocycles. The van der Waals surface area contributed by atoms with Crippen molar-refractivity contribution in [2.75, 3.05) is 13.6 Å². The number of cyclic esters (lactones) is 1. The number of nitrogens with zero attached hydrogens (tertiary/aromatic N) is 1. The molecule has 0 radical (unpaired) electrons. The highest BCUT2D eigenvalue weighted by Gasteiger charge is 2.35. The zero-order valence-electron chi connectivity index (χ0n) is 21.3. The maximum Gasteiger partial charge on any atom is 0.308 e. The van der Waals surface area contributed by atoms with Crippen LogP contribution in [-0.4, -0.2) is 59.6 Å². The van der Waals surface area contributed by atoms with Crippen LogP contribution in [0, 0.1) is 17.8 Å². The molecule has 0 aromatic heterocycles. The quantitative estimate of drug-likeness (QED) is 0.441. The summed E-state index contributed by atoms with van der Waals surface area (Å²) in [6.07, 6.45) is 5.64. The van der Waals surface area contributed by atoms with Gasteiger partial charge in [-0.05, 0) is 31.6 Å². The van der Waals surface area contributed by atoms with Crippen molar-refractivity contribution in [1.82, 2.24) is 10.2 Å². The molecule has 0 saturated carbocycles. The number of carbonyl (C=O) groups is 4. The Kier molecular flexibility index (Phi) is 15.4. The number of hydrogen-bond acceptors (Lipinski definition) is 6. The fourth-order valence-electron chi connectivity index (χ4n) is 3.93. The average Bonchev–Trinajstić information content (AvgIpc) is 3.29. The Morgan fingerprint density at radius 2 is 1.73 bits per heavy atom. The van der Waals surface area contributed by atoms with Crippen LogP contribution in [-0.2, 0) is 23.9 Å². The number of aliphatic hydroxyl groups excluding tert-OH is 1. The molecule has 2 aliphatic rings. The maximum atomic E-state index is 11.7. The fourth-order valence-corrected chi connectivity index (χ4v) is 3.93. The molecule has 4 N–H and O–H groups in total. The second-order valence-electron chi connectivity index (χ2n) is 8.79. The first-order chi connectivity index (χ1) is 15.6. The van der Waals surface area contributed by atoms with Crippen molar-refractivity contribution in [3.05, 3.63) is 0 Å². The number of primary amides is 1.